The number of amides is 2. The van der Waals surface area contributed by atoms with Gasteiger partial charge in [-0.3, -0.25) is 21.0 Å². The van der Waals surface area contributed by atoms with Gasteiger partial charge in [0, 0.05) is 31.2 Å². The molecule has 2 heterocycles. The van der Waals surface area contributed by atoms with E-state index in [0.29, 0.717) is 42.6 Å². The highest BCUT2D eigenvalue weighted by atomic mass is 16.5. The zero-order valence-electron chi connectivity index (χ0n) is 27.8. The zero-order valence-corrected chi connectivity index (χ0v) is 27.8. The molecule has 4 rings (SSSR count). The zero-order chi connectivity index (χ0) is 32.0. The van der Waals surface area contributed by atoms with Crippen molar-refractivity contribution in [1.29, 1.82) is 10.8 Å². The number of aliphatic imine (C=N–C) groups is 1. The summed E-state index contributed by atoms with van der Waals surface area (Å²) in [5, 5.41) is 26.7. The van der Waals surface area contributed by atoms with Gasteiger partial charge in [0.1, 0.15) is 23.5 Å². The molecular formula is C34H54N8O2. The molecule has 1 saturated heterocycles. The van der Waals surface area contributed by atoms with Gasteiger partial charge in [0.25, 0.3) is 0 Å². The van der Waals surface area contributed by atoms with Crippen LogP contribution in [0.2, 0.25) is 0 Å². The molecule has 1 aliphatic carbocycles. The van der Waals surface area contributed by atoms with Crippen molar-refractivity contribution in [1.82, 2.24) is 25.8 Å². The monoisotopic (exact) mass is 606 g/mol. The highest BCUT2D eigenvalue weighted by Gasteiger charge is 2.32. The van der Waals surface area contributed by atoms with Crippen LogP contribution in [0.15, 0.2) is 41.2 Å². The quantitative estimate of drug-likeness (QED) is 0.175. The van der Waals surface area contributed by atoms with Gasteiger partial charge < -0.3 is 25.3 Å². The van der Waals surface area contributed by atoms with Gasteiger partial charge in [-0.05, 0) is 75.3 Å². The van der Waals surface area contributed by atoms with Crippen molar-refractivity contribution in [3.05, 3.63) is 47.4 Å². The number of urea groups is 1. The molecule has 3 unspecified atom stereocenters. The van der Waals surface area contributed by atoms with E-state index < -0.39 is 0 Å². The minimum atomic E-state index is -0.295. The summed E-state index contributed by atoms with van der Waals surface area (Å²) in [5.41, 5.74) is 2.40. The Morgan fingerprint density at radius 1 is 1.09 bits per heavy atom. The third-order valence-electron chi connectivity index (χ3n) is 9.00. The van der Waals surface area contributed by atoms with E-state index in [1.54, 1.807) is 0 Å². The lowest BCUT2D eigenvalue weighted by Gasteiger charge is -2.38. The number of amidine groups is 2. The van der Waals surface area contributed by atoms with Crippen molar-refractivity contribution in [2.24, 2.45) is 16.3 Å². The van der Waals surface area contributed by atoms with Crippen LogP contribution in [0.4, 0.5) is 4.79 Å². The molecule has 0 saturated carbocycles. The topological polar surface area (TPSA) is 129 Å². The molecule has 3 aliphatic rings. The van der Waals surface area contributed by atoms with Crippen LogP contribution in [-0.4, -0.2) is 72.6 Å². The number of rotatable bonds is 9. The number of piperidine rings is 1. The maximum atomic E-state index is 13.4. The SMILES string of the molecule is CNC(C(C)C)N1C=C(OC2CCC(NC(=O)NC(CC(=N)C(C)(C)C)=NC3CCN(C)CC3)c3ccccc32)CCC1=N. The van der Waals surface area contributed by atoms with E-state index in [1.807, 2.05) is 51.1 Å². The van der Waals surface area contributed by atoms with Gasteiger partial charge in [-0.2, -0.15) is 0 Å². The van der Waals surface area contributed by atoms with E-state index in [2.05, 4.69) is 53.9 Å². The normalized spacial score (nSPS) is 22.7. The van der Waals surface area contributed by atoms with Gasteiger partial charge in [0.05, 0.1) is 18.2 Å². The van der Waals surface area contributed by atoms with Crippen molar-refractivity contribution >= 4 is 23.4 Å². The molecular weight excluding hydrogens is 552 g/mol. The summed E-state index contributed by atoms with van der Waals surface area (Å²) >= 11 is 0. The Bertz CT molecular complexity index is 1240. The lowest BCUT2D eigenvalue weighted by atomic mass is 9.85. The molecule has 5 N–H and O–H groups in total. The molecule has 1 fully saturated rings. The van der Waals surface area contributed by atoms with Crippen molar-refractivity contribution in [3.63, 3.8) is 0 Å². The fourth-order valence-electron chi connectivity index (χ4n) is 6.23. The maximum absolute atomic E-state index is 13.4. The number of ether oxygens (including phenoxy) is 1. The van der Waals surface area contributed by atoms with Gasteiger partial charge >= 0.3 is 6.03 Å². The van der Waals surface area contributed by atoms with E-state index in [4.69, 9.17) is 20.5 Å². The molecule has 0 bridgehead atoms. The molecule has 3 atom stereocenters. The molecule has 10 heteroatoms. The Kier molecular flexibility index (Phi) is 11.2. The smallest absolute Gasteiger partial charge is 0.320 e. The number of fused-ring (bicyclic) bond motifs is 1. The number of carbonyl (C=O) groups is 1. The molecule has 2 amide bonds. The minimum absolute atomic E-state index is 0.0344. The molecule has 0 radical (unpaired) electrons. The Hall–Kier alpha value is -3.24. The number of nitrogens with zero attached hydrogens (tertiary/aromatic N) is 3. The Balaban J connectivity index is 1.46. The summed E-state index contributed by atoms with van der Waals surface area (Å²) in [4.78, 5) is 22.7. The van der Waals surface area contributed by atoms with Gasteiger partial charge in [0.15, 0.2) is 0 Å². The van der Waals surface area contributed by atoms with E-state index >= 15 is 0 Å². The first-order valence-electron chi connectivity index (χ1n) is 16.3. The number of hydrogen-bond donors (Lipinski definition) is 5. The Morgan fingerprint density at radius 3 is 2.41 bits per heavy atom. The Labute approximate surface area is 264 Å². The fraction of sp³-hybridized carbons (Fsp3) is 0.647. The van der Waals surface area contributed by atoms with Crippen molar-refractivity contribution in [2.75, 3.05) is 27.2 Å². The lowest BCUT2D eigenvalue weighted by Crippen LogP contribution is -2.48. The molecule has 242 valence electrons. The summed E-state index contributed by atoms with van der Waals surface area (Å²) in [6.45, 7) is 12.3. The van der Waals surface area contributed by atoms with Crippen LogP contribution in [0.3, 0.4) is 0 Å². The van der Waals surface area contributed by atoms with Crippen LogP contribution in [0.5, 0.6) is 0 Å². The molecule has 2 aliphatic heterocycles. The van der Waals surface area contributed by atoms with Crippen molar-refractivity contribution in [2.45, 2.75) is 104 Å². The lowest BCUT2D eigenvalue weighted by molar-refractivity contribution is 0.0814. The van der Waals surface area contributed by atoms with E-state index in [0.717, 1.165) is 55.7 Å². The summed E-state index contributed by atoms with van der Waals surface area (Å²) in [6.07, 6.45) is 6.99. The highest BCUT2D eigenvalue weighted by Crippen LogP contribution is 2.40. The summed E-state index contributed by atoms with van der Waals surface area (Å²) in [5.74, 6) is 2.39. The van der Waals surface area contributed by atoms with Crippen molar-refractivity contribution in [3.8, 4) is 0 Å². The second-order valence-electron chi connectivity index (χ2n) is 13.9. The number of benzene rings is 1. The first-order valence-corrected chi connectivity index (χ1v) is 16.3. The maximum Gasteiger partial charge on any atom is 0.320 e. The molecule has 44 heavy (non-hydrogen) atoms. The third kappa shape index (κ3) is 8.69. The molecule has 0 aromatic heterocycles. The molecule has 1 aromatic rings. The van der Waals surface area contributed by atoms with Gasteiger partial charge in [-0.25, -0.2) is 4.79 Å². The Morgan fingerprint density at radius 2 is 1.77 bits per heavy atom. The second kappa shape index (κ2) is 14.7. The van der Waals surface area contributed by atoms with E-state index in [-0.39, 0.29) is 35.8 Å². The van der Waals surface area contributed by atoms with E-state index in [9.17, 15) is 4.79 Å². The van der Waals surface area contributed by atoms with Crippen LogP contribution in [0, 0.1) is 22.2 Å². The summed E-state index contributed by atoms with van der Waals surface area (Å²) < 4.78 is 6.62. The van der Waals surface area contributed by atoms with Crippen LogP contribution >= 0.6 is 0 Å². The predicted molar refractivity (Wildman–Crippen MR) is 178 cm³/mol. The third-order valence-corrected chi connectivity index (χ3v) is 9.00. The number of nitrogens with one attached hydrogen (secondary N) is 5. The first kappa shape index (κ1) is 33.6. The largest absolute Gasteiger partial charge is 0.489 e. The summed E-state index contributed by atoms with van der Waals surface area (Å²) in [7, 11) is 4.05. The van der Waals surface area contributed by atoms with Gasteiger partial charge in [-0.15, -0.1) is 0 Å². The molecule has 0 spiro atoms. The van der Waals surface area contributed by atoms with Crippen LogP contribution in [0.1, 0.15) is 103 Å². The number of likely N-dealkylation sites (tertiary alicyclic amines) is 1. The van der Waals surface area contributed by atoms with Crippen molar-refractivity contribution < 1.29 is 9.53 Å². The predicted octanol–water partition coefficient (Wildman–Crippen LogP) is 5.94. The molecule has 1 aromatic carbocycles. The van der Waals surface area contributed by atoms with Crippen LogP contribution < -0.4 is 16.0 Å². The second-order valence-corrected chi connectivity index (χ2v) is 13.9. The van der Waals surface area contributed by atoms with Gasteiger partial charge in [-0.1, -0.05) is 58.9 Å². The average Bonchev–Trinajstić information content (AvgIpc) is 2.96. The van der Waals surface area contributed by atoms with Crippen LogP contribution in [0.25, 0.3) is 0 Å². The summed E-state index contributed by atoms with van der Waals surface area (Å²) in [6, 6.07) is 7.91. The highest BCUT2D eigenvalue weighted by molar-refractivity contribution is 6.09. The van der Waals surface area contributed by atoms with Crippen LogP contribution in [-0.2, 0) is 4.74 Å². The molecule has 10 nitrogen and oxygen atoms in total. The standard InChI is InChI=1S/C34H54N8O2/c1-22(2)32(37-6)42-21-24(12-15-30(42)36)44-28-14-13-27(25-10-8-9-11-26(25)28)39-33(43)40-31(20-29(35)34(3,4)5)38-23-16-18-41(7)19-17-23/h8-11,21-23,27-28,32,35-37H,12-20H2,1-7H3,(H2,38,39,40,43). The minimum Gasteiger partial charge on any atom is -0.489 e. The van der Waals surface area contributed by atoms with Gasteiger partial charge in [0.2, 0.25) is 0 Å². The number of hydrogen-bond acceptors (Lipinski definition) is 7. The number of allylic oxidation sites excluding steroid dienone is 1. The fourth-order valence-corrected chi connectivity index (χ4v) is 6.23. The average molecular weight is 607 g/mol. The first-order chi connectivity index (χ1) is 20.8. The van der Waals surface area contributed by atoms with E-state index in [1.165, 1.54) is 0 Å². The number of carbonyl (C=O) groups excluding carboxylic acids is 1.